The molecule has 0 bridgehead atoms. The van der Waals surface area contributed by atoms with Gasteiger partial charge in [0.2, 0.25) is 0 Å². The molecule has 3 aliphatic rings. The molecule has 0 aliphatic carbocycles. The molecule has 3 aliphatic heterocycles. The lowest BCUT2D eigenvalue weighted by Crippen LogP contribution is -2.33. The highest BCUT2D eigenvalue weighted by molar-refractivity contribution is 7.86. The summed E-state index contributed by atoms with van der Waals surface area (Å²) >= 11 is 0. The van der Waals surface area contributed by atoms with Crippen molar-refractivity contribution in [1.29, 1.82) is 0 Å². The molecule has 13 heteroatoms. The number of benzene rings is 3. The fourth-order valence-corrected chi connectivity index (χ4v) is 7.73. The van der Waals surface area contributed by atoms with Crippen molar-refractivity contribution in [3.63, 3.8) is 0 Å². The number of nitrogens with zero attached hydrogens (tertiary/aromatic N) is 1. The van der Waals surface area contributed by atoms with Crippen LogP contribution in [0.15, 0.2) is 51.2 Å². The number of carbonyl (C=O) groups is 1. The van der Waals surface area contributed by atoms with Gasteiger partial charge in [0.15, 0.2) is 16.4 Å². The predicted octanol–water partition coefficient (Wildman–Crippen LogP) is 3.28. The van der Waals surface area contributed by atoms with Crippen LogP contribution in [0.1, 0.15) is 74.2 Å². The van der Waals surface area contributed by atoms with Crippen LogP contribution in [0.5, 0.6) is 11.5 Å². The summed E-state index contributed by atoms with van der Waals surface area (Å²) in [7, 11) is -10.2. The molecule has 6 rings (SSSR count). The molecule has 0 fully saturated rings. The van der Waals surface area contributed by atoms with Gasteiger partial charge in [0, 0.05) is 33.2 Å². The number of carboxylic acids is 1. The Hall–Kier alpha value is -3.78. The predicted molar refractivity (Wildman–Crippen MR) is 155 cm³/mol. The molecular formula is C30H29N2O9S2-. The number of fused-ring (bicyclic) bond motifs is 4. The monoisotopic (exact) mass is 625 g/mol. The Balaban J connectivity index is 1.88. The van der Waals surface area contributed by atoms with Gasteiger partial charge in [-0.1, -0.05) is 39.8 Å². The third kappa shape index (κ3) is 4.13. The molecule has 0 saturated carbocycles. The van der Waals surface area contributed by atoms with Crippen LogP contribution in [0.3, 0.4) is 0 Å². The maximum absolute atomic E-state index is 13.0. The topological polar surface area (TPSA) is 182 Å². The number of nitrogens with one attached hydrogen (secondary N) is 1. The smallest absolute Gasteiger partial charge is 0.335 e. The normalized spacial score (nSPS) is 21.1. The highest BCUT2D eigenvalue weighted by Crippen LogP contribution is 2.52. The standard InChI is InChI=1S/C30H30N2O9S2/c1-13-29(3,4)19-11-17-21(15-7-9-16(10-8-15)28(33)34)18-12-20-23(32-14(2)30(20,5)6)27(43(38,39)40)25(18)41-24(17)26(22(19)31-13)42(35,36)37/h7-14,31H,1-6H3,(H,33,34)(H,35,36,37)(H,38,39,40)/p-1. The molecule has 3 N–H and O–H groups in total. The highest BCUT2D eigenvalue weighted by atomic mass is 32.2. The molecule has 0 saturated heterocycles. The zero-order chi connectivity index (χ0) is 31.6. The van der Waals surface area contributed by atoms with Crippen LogP contribution in [0.25, 0.3) is 5.57 Å². The number of hydrogen-bond donors (Lipinski definition) is 3. The van der Waals surface area contributed by atoms with Gasteiger partial charge in [-0.2, -0.15) is 8.42 Å². The van der Waals surface area contributed by atoms with Crippen molar-refractivity contribution in [3.05, 3.63) is 74.8 Å². The number of anilines is 1. The van der Waals surface area contributed by atoms with Crippen LogP contribution in [-0.4, -0.2) is 49.1 Å². The van der Waals surface area contributed by atoms with E-state index in [1.165, 1.54) is 24.3 Å². The van der Waals surface area contributed by atoms with Crippen LogP contribution < -0.4 is 20.6 Å². The second kappa shape index (κ2) is 8.88. The molecule has 3 aromatic carbocycles. The van der Waals surface area contributed by atoms with Gasteiger partial charge in [-0.05, 0) is 54.8 Å². The maximum Gasteiger partial charge on any atom is 0.335 e. The summed E-state index contributed by atoms with van der Waals surface area (Å²) in [4.78, 5) is 14.8. The second-order valence-corrected chi connectivity index (χ2v) is 15.1. The van der Waals surface area contributed by atoms with Gasteiger partial charge in [-0.15, -0.1) is 0 Å². The van der Waals surface area contributed by atoms with E-state index in [1.54, 1.807) is 19.1 Å². The van der Waals surface area contributed by atoms with Crippen molar-refractivity contribution in [2.45, 2.75) is 74.2 Å². The Morgan fingerprint density at radius 2 is 1.58 bits per heavy atom. The first-order valence-corrected chi connectivity index (χ1v) is 16.3. The van der Waals surface area contributed by atoms with E-state index in [4.69, 9.17) is 4.74 Å². The number of rotatable bonds is 4. The molecule has 43 heavy (non-hydrogen) atoms. The highest BCUT2D eigenvalue weighted by Gasteiger charge is 2.44. The summed E-state index contributed by atoms with van der Waals surface area (Å²) in [6.45, 7) is 11.2. The number of hydrogen-bond acceptors (Lipinski definition) is 9. The minimum atomic E-state index is -5.22. The quantitative estimate of drug-likeness (QED) is 0.285. The average Bonchev–Trinajstić information content (AvgIpc) is 3.24. The minimum absolute atomic E-state index is 0.00544. The van der Waals surface area contributed by atoms with Gasteiger partial charge in [0.05, 0.1) is 22.6 Å². The van der Waals surface area contributed by atoms with E-state index in [0.717, 1.165) is 0 Å². The van der Waals surface area contributed by atoms with E-state index in [0.29, 0.717) is 22.3 Å². The van der Waals surface area contributed by atoms with Crippen LogP contribution >= 0.6 is 0 Å². The van der Waals surface area contributed by atoms with Crippen molar-refractivity contribution < 1.29 is 40.6 Å². The summed E-state index contributed by atoms with van der Waals surface area (Å²) in [6.07, 6.45) is 0. The van der Waals surface area contributed by atoms with Gasteiger partial charge in [-0.3, -0.25) is 9.55 Å². The molecule has 3 heterocycles. The molecule has 0 radical (unpaired) electrons. The van der Waals surface area contributed by atoms with Gasteiger partial charge in [0.25, 0.3) is 10.1 Å². The van der Waals surface area contributed by atoms with E-state index in [1.807, 2.05) is 34.6 Å². The van der Waals surface area contributed by atoms with Crippen molar-refractivity contribution in [2.75, 3.05) is 5.32 Å². The third-order valence-electron chi connectivity index (χ3n) is 9.32. The SMILES string of the molecule is CC1N=c2c(cc3c(c2S(=O)(=O)O)Oc2c(cc4c(c2S(=O)(=O)[O-])NC(C)C4(C)C)C=3c2ccc(C(=O)O)cc2)C1(C)C. The van der Waals surface area contributed by atoms with E-state index in [2.05, 4.69) is 10.3 Å². The van der Waals surface area contributed by atoms with Crippen molar-refractivity contribution in [3.8, 4) is 11.5 Å². The Morgan fingerprint density at radius 3 is 2.14 bits per heavy atom. The Labute approximate surface area is 248 Å². The van der Waals surface area contributed by atoms with Gasteiger partial charge in [0.1, 0.15) is 15.0 Å². The molecule has 2 atom stereocenters. The van der Waals surface area contributed by atoms with Crippen molar-refractivity contribution in [1.82, 2.24) is 0 Å². The molecule has 0 amide bonds. The molecule has 3 aromatic rings. The lowest BCUT2D eigenvalue weighted by molar-refractivity contribution is 0.0696. The van der Waals surface area contributed by atoms with Gasteiger partial charge >= 0.3 is 5.97 Å². The van der Waals surface area contributed by atoms with E-state index >= 15 is 0 Å². The summed E-state index contributed by atoms with van der Waals surface area (Å²) in [5.74, 6) is -1.94. The molecule has 2 unspecified atom stereocenters. The Morgan fingerprint density at radius 1 is 0.953 bits per heavy atom. The fourth-order valence-electron chi connectivity index (χ4n) is 6.14. The summed E-state index contributed by atoms with van der Waals surface area (Å²) in [6, 6.07) is 8.51. The van der Waals surface area contributed by atoms with E-state index < -0.39 is 52.6 Å². The van der Waals surface area contributed by atoms with Crippen LogP contribution in [0, 0.1) is 0 Å². The van der Waals surface area contributed by atoms with E-state index in [-0.39, 0.29) is 45.2 Å². The molecule has 0 aromatic heterocycles. The van der Waals surface area contributed by atoms with Crippen LogP contribution in [-0.2, 0) is 31.1 Å². The van der Waals surface area contributed by atoms with Crippen LogP contribution in [0.4, 0.5) is 5.69 Å². The Kier molecular flexibility index (Phi) is 6.05. The zero-order valence-corrected chi connectivity index (χ0v) is 25.8. The largest absolute Gasteiger partial charge is 0.744 e. The first-order chi connectivity index (χ1) is 19.8. The van der Waals surface area contributed by atoms with Crippen molar-refractivity contribution in [2.24, 2.45) is 4.99 Å². The van der Waals surface area contributed by atoms with Crippen molar-refractivity contribution >= 4 is 37.5 Å². The van der Waals surface area contributed by atoms with E-state index in [9.17, 15) is 35.8 Å². The summed E-state index contributed by atoms with van der Waals surface area (Å²) in [5, 5.41) is 12.8. The lowest BCUT2D eigenvalue weighted by Gasteiger charge is -2.30. The van der Waals surface area contributed by atoms with Gasteiger partial charge in [-0.25, -0.2) is 13.2 Å². The molecule has 226 valence electrons. The molecule has 11 nitrogen and oxygen atoms in total. The van der Waals surface area contributed by atoms with Crippen LogP contribution in [0.2, 0.25) is 0 Å². The lowest BCUT2D eigenvalue weighted by atomic mass is 9.78. The Bertz CT molecular complexity index is 2130. The number of aromatic carboxylic acids is 1. The second-order valence-electron chi connectivity index (χ2n) is 12.4. The fraction of sp³-hybridized carbons (Fsp3) is 0.333. The average molecular weight is 626 g/mol. The number of ether oxygens (including phenoxy) is 1. The molecule has 0 spiro atoms. The third-order valence-corrected chi connectivity index (χ3v) is 11.1. The minimum Gasteiger partial charge on any atom is -0.744 e. The first-order valence-electron chi connectivity index (χ1n) is 13.5. The summed E-state index contributed by atoms with van der Waals surface area (Å²) in [5.41, 5.74) is 0.740. The number of carboxylic acid groups (broad SMARTS) is 1. The van der Waals surface area contributed by atoms with Gasteiger partial charge < -0.3 is 19.7 Å². The summed E-state index contributed by atoms with van der Waals surface area (Å²) < 4.78 is 81.4. The molecular weight excluding hydrogens is 596 g/mol. The zero-order valence-electron chi connectivity index (χ0n) is 24.1. The first kappa shape index (κ1) is 29.3. The maximum atomic E-state index is 13.0.